The van der Waals surface area contributed by atoms with Gasteiger partial charge in [0.25, 0.3) is 0 Å². The Balaban J connectivity index is 1.35. The number of amides is 1. The van der Waals surface area contributed by atoms with Crippen LogP contribution in [-0.4, -0.2) is 41.6 Å². The van der Waals surface area contributed by atoms with Crippen molar-refractivity contribution in [3.8, 4) is 11.6 Å². The van der Waals surface area contributed by atoms with E-state index in [-0.39, 0.29) is 12.0 Å². The Labute approximate surface area is 186 Å². The zero-order valence-electron chi connectivity index (χ0n) is 18.7. The third-order valence-corrected chi connectivity index (χ3v) is 5.19. The Kier molecular flexibility index (Phi) is 6.16. The second kappa shape index (κ2) is 9.17. The molecular weight excluding hydrogens is 406 g/mol. The van der Waals surface area contributed by atoms with Crippen molar-refractivity contribution < 1.29 is 9.53 Å². The van der Waals surface area contributed by atoms with E-state index in [1.165, 1.54) is 0 Å². The van der Waals surface area contributed by atoms with Crippen LogP contribution in [0.4, 0.5) is 0 Å². The zero-order chi connectivity index (χ0) is 22.7. The first-order valence-electron chi connectivity index (χ1n) is 10.7. The molecule has 0 aliphatic carbocycles. The van der Waals surface area contributed by atoms with Crippen molar-refractivity contribution in [1.82, 2.24) is 34.9 Å². The molecule has 166 valence electrons. The predicted molar refractivity (Wildman–Crippen MR) is 120 cm³/mol. The van der Waals surface area contributed by atoms with Gasteiger partial charge >= 0.3 is 0 Å². The normalized spacial score (nSPS) is 11.3. The minimum Gasteiger partial charge on any atom is -0.491 e. The monoisotopic (exact) mass is 433 g/mol. The maximum atomic E-state index is 12.4. The molecule has 1 amide bonds. The Bertz CT molecular complexity index is 1230. The molecule has 1 aromatic carbocycles. The van der Waals surface area contributed by atoms with Crippen molar-refractivity contribution in [3.63, 3.8) is 0 Å². The van der Waals surface area contributed by atoms with Crippen LogP contribution in [0.25, 0.3) is 11.5 Å². The molecule has 3 aromatic heterocycles. The fraction of sp³-hybridized carbons (Fsp3) is 0.348. The highest BCUT2D eigenvalue weighted by atomic mass is 16.5. The molecule has 9 nitrogen and oxygen atoms in total. The van der Waals surface area contributed by atoms with E-state index in [1.807, 2.05) is 64.1 Å². The largest absolute Gasteiger partial charge is 0.491 e. The first-order chi connectivity index (χ1) is 15.4. The van der Waals surface area contributed by atoms with Gasteiger partial charge in [-0.05, 0) is 69.5 Å². The highest BCUT2D eigenvalue weighted by molar-refractivity contribution is 5.76. The van der Waals surface area contributed by atoms with E-state index < -0.39 is 0 Å². The summed E-state index contributed by atoms with van der Waals surface area (Å²) in [6.45, 7) is 8.42. The number of aryl methyl sites for hydroxylation is 1. The van der Waals surface area contributed by atoms with E-state index in [1.54, 1.807) is 15.5 Å². The maximum Gasteiger partial charge on any atom is 0.220 e. The van der Waals surface area contributed by atoms with Gasteiger partial charge < -0.3 is 10.1 Å². The standard InChI is InChI=1S/C23H27N7O2/c1-15(2)32-19-7-5-18(6-8-19)13-24-23(31)12-9-20-16(3)27-30(17(20)4)22-11-10-21-26-25-14-29(21)28-22/h5-8,10-11,14-15H,9,12-13H2,1-4H3,(H,24,31). The fourth-order valence-corrected chi connectivity index (χ4v) is 3.58. The van der Waals surface area contributed by atoms with E-state index in [4.69, 9.17) is 4.74 Å². The van der Waals surface area contributed by atoms with Crippen LogP contribution in [-0.2, 0) is 17.8 Å². The van der Waals surface area contributed by atoms with Gasteiger partial charge in [0.1, 0.15) is 12.1 Å². The summed E-state index contributed by atoms with van der Waals surface area (Å²) in [6, 6.07) is 11.5. The number of hydrogen-bond donors (Lipinski definition) is 1. The van der Waals surface area contributed by atoms with Gasteiger partial charge in [-0.3, -0.25) is 4.79 Å². The van der Waals surface area contributed by atoms with Crippen LogP contribution in [0.2, 0.25) is 0 Å². The lowest BCUT2D eigenvalue weighted by molar-refractivity contribution is -0.121. The third kappa shape index (κ3) is 4.77. The molecular formula is C23H27N7O2. The summed E-state index contributed by atoms with van der Waals surface area (Å²) in [5.41, 5.74) is 4.62. The number of carbonyl (C=O) groups is 1. The summed E-state index contributed by atoms with van der Waals surface area (Å²) in [6.07, 6.45) is 2.69. The highest BCUT2D eigenvalue weighted by Crippen LogP contribution is 2.19. The third-order valence-electron chi connectivity index (χ3n) is 5.19. The maximum absolute atomic E-state index is 12.4. The van der Waals surface area contributed by atoms with Gasteiger partial charge in [-0.15, -0.1) is 15.3 Å². The van der Waals surface area contributed by atoms with Crippen LogP contribution in [0.3, 0.4) is 0 Å². The minimum atomic E-state index is 0.00286. The van der Waals surface area contributed by atoms with Gasteiger partial charge in [0.2, 0.25) is 5.91 Å². The summed E-state index contributed by atoms with van der Waals surface area (Å²) < 4.78 is 9.05. The first-order valence-corrected chi connectivity index (χ1v) is 10.7. The van der Waals surface area contributed by atoms with E-state index in [0.717, 1.165) is 28.3 Å². The molecule has 4 rings (SSSR count). The average Bonchev–Trinajstić information content (AvgIpc) is 3.35. The summed E-state index contributed by atoms with van der Waals surface area (Å²) >= 11 is 0. The van der Waals surface area contributed by atoms with E-state index >= 15 is 0 Å². The van der Waals surface area contributed by atoms with Crippen molar-refractivity contribution in [1.29, 1.82) is 0 Å². The number of ether oxygens (including phenoxy) is 1. The molecule has 0 radical (unpaired) electrons. The fourth-order valence-electron chi connectivity index (χ4n) is 3.58. The van der Waals surface area contributed by atoms with Crippen LogP contribution in [0.5, 0.6) is 5.75 Å². The van der Waals surface area contributed by atoms with Crippen LogP contribution >= 0.6 is 0 Å². The average molecular weight is 434 g/mol. The van der Waals surface area contributed by atoms with Gasteiger partial charge in [0.15, 0.2) is 11.5 Å². The van der Waals surface area contributed by atoms with Crippen molar-refractivity contribution in [2.45, 2.75) is 53.2 Å². The Hall–Kier alpha value is -3.75. The van der Waals surface area contributed by atoms with Gasteiger partial charge in [-0.25, -0.2) is 4.68 Å². The smallest absolute Gasteiger partial charge is 0.220 e. The molecule has 0 bridgehead atoms. The first kappa shape index (κ1) is 21.5. The van der Waals surface area contributed by atoms with Gasteiger partial charge in [0, 0.05) is 18.7 Å². The van der Waals surface area contributed by atoms with Gasteiger partial charge in [0.05, 0.1) is 11.8 Å². The van der Waals surface area contributed by atoms with Crippen LogP contribution in [0.15, 0.2) is 42.7 Å². The molecule has 32 heavy (non-hydrogen) atoms. The van der Waals surface area contributed by atoms with E-state index in [2.05, 4.69) is 25.7 Å². The van der Waals surface area contributed by atoms with Gasteiger partial charge in [-0.2, -0.15) is 9.61 Å². The molecule has 9 heteroatoms. The summed E-state index contributed by atoms with van der Waals surface area (Å²) in [5.74, 6) is 1.51. The SMILES string of the molecule is Cc1nn(-c2ccc3nncn3n2)c(C)c1CCC(=O)NCc1ccc(OC(C)C)cc1. The molecule has 1 N–H and O–H groups in total. The number of aromatic nitrogens is 6. The Morgan fingerprint density at radius 1 is 1.09 bits per heavy atom. The molecule has 0 aliphatic heterocycles. The Morgan fingerprint density at radius 3 is 2.62 bits per heavy atom. The van der Waals surface area contributed by atoms with Crippen molar-refractivity contribution in [2.24, 2.45) is 0 Å². The molecule has 0 atom stereocenters. The lowest BCUT2D eigenvalue weighted by Crippen LogP contribution is -2.23. The molecule has 0 spiro atoms. The molecule has 0 fully saturated rings. The summed E-state index contributed by atoms with van der Waals surface area (Å²) in [7, 11) is 0. The summed E-state index contributed by atoms with van der Waals surface area (Å²) in [5, 5.41) is 19.9. The van der Waals surface area contributed by atoms with Crippen LogP contribution in [0.1, 0.15) is 42.8 Å². The number of rotatable bonds is 8. The van der Waals surface area contributed by atoms with Crippen LogP contribution in [0, 0.1) is 13.8 Å². The van der Waals surface area contributed by atoms with Crippen molar-refractivity contribution in [3.05, 3.63) is 65.2 Å². The molecule has 0 unspecified atom stereocenters. The van der Waals surface area contributed by atoms with Crippen LogP contribution < -0.4 is 10.1 Å². The zero-order valence-corrected chi connectivity index (χ0v) is 18.7. The number of benzene rings is 1. The summed E-state index contributed by atoms with van der Waals surface area (Å²) in [4.78, 5) is 12.4. The van der Waals surface area contributed by atoms with E-state index in [9.17, 15) is 4.79 Å². The lowest BCUT2D eigenvalue weighted by atomic mass is 10.1. The van der Waals surface area contributed by atoms with E-state index in [0.29, 0.717) is 30.9 Å². The predicted octanol–water partition coefficient (Wildman–Crippen LogP) is 2.96. The second-order valence-corrected chi connectivity index (χ2v) is 7.97. The molecule has 3 heterocycles. The molecule has 0 saturated carbocycles. The number of nitrogens with one attached hydrogen (secondary N) is 1. The topological polar surface area (TPSA) is 99.2 Å². The molecule has 4 aromatic rings. The quantitative estimate of drug-likeness (QED) is 0.459. The second-order valence-electron chi connectivity index (χ2n) is 7.97. The highest BCUT2D eigenvalue weighted by Gasteiger charge is 2.15. The number of hydrogen-bond acceptors (Lipinski definition) is 6. The number of nitrogens with zero attached hydrogens (tertiary/aromatic N) is 6. The number of carbonyl (C=O) groups excluding carboxylic acids is 1. The minimum absolute atomic E-state index is 0.00286. The van der Waals surface area contributed by atoms with Gasteiger partial charge in [-0.1, -0.05) is 12.1 Å². The molecule has 0 aliphatic rings. The number of fused-ring (bicyclic) bond motifs is 1. The van der Waals surface area contributed by atoms with Crippen molar-refractivity contribution >= 4 is 11.6 Å². The molecule has 0 saturated heterocycles. The van der Waals surface area contributed by atoms with Crippen molar-refractivity contribution in [2.75, 3.05) is 0 Å². The lowest BCUT2D eigenvalue weighted by Gasteiger charge is -2.10. The Morgan fingerprint density at radius 2 is 1.88 bits per heavy atom.